The highest BCUT2D eigenvalue weighted by Crippen LogP contribution is 2.33. The van der Waals surface area contributed by atoms with Crippen LogP contribution in [0.4, 0.5) is 23.4 Å². The van der Waals surface area contributed by atoms with E-state index in [-0.39, 0.29) is 18.2 Å². The van der Waals surface area contributed by atoms with Crippen LogP contribution in [0, 0.1) is 18.6 Å². The van der Waals surface area contributed by atoms with Crippen LogP contribution in [0.15, 0.2) is 46.8 Å². The minimum absolute atomic E-state index is 0.108. The molecule has 202 valence electrons. The molecule has 0 saturated carbocycles. The molecule has 0 amide bonds. The van der Waals surface area contributed by atoms with Gasteiger partial charge in [-0.25, -0.2) is 32.5 Å². The molecular formula is C25H26F4N6O3. The average molecular weight is 535 g/mol. The number of hydrogen-bond acceptors (Lipinski definition) is 6. The Kier molecular flexibility index (Phi) is 9.16. The molecule has 9 nitrogen and oxygen atoms in total. The molecule has 0 aliphatic carbocycles. The monoisotopic (exact) mass is 534 g/mol. The van der Waals surface area contributed by atoms with E-state index in [1.807, 2.05) is 4.90 Å². The molecule has 1 aromatic heterocycles. The van der Waals surface area contributed by atoms with E-state index in [2.05, 4.69) is 26.8 Å². The number of benzene rings is 2. The van der Waals surface area contributed by atoms with Crippen molar-refractivity contribution in [1.29, 1.82) is 0 Å². The zero-order valence-corrected chi connectivity index (χ0v) is 20.7. The minimum Gasteiger partial charge on any atom is -0.483 e. The molecule has 0 radical (unpaired) electrons. The molecule has 4 rings (SSSR count). The summed E-state index contributed by atoms with van der Waals surface area (Å²) >= 11 is 0. The molecule has 1 saturated heterocycles. The summed E-state index contributed by atoms with van der Waals surface area (Å²) in [6.07, 6.45) is 1.40. The number of rotatable bonds is 5. The lowest BCUT2D eigenvalue weighted by Crippen LogP contribution is -2.48. The standard InChI is InChI=1S/C24H24F4N6O.CH2O2/c1-15-4-5-16(10-20(15)26)18-11-17(25)12-19-21(18)30-14-31-22(19)33-6-8-34(9-7-33)23(29-3)32-35-13-24(2,27)28;2-1-3/h4-5,10-12,14H,3,6-9,13H2,1-2H3;1H,(H,2,3)/b32-23+;. The smallest absolute Gasteiger partial charge is 0.290 e. The van der Waals surface area contributed by atoms with E-state index in [0.717, 1.165) is 6.92 Å². The maximum absolute atomic E-state index is 14.6. The number of carboxylic acid groups (broad SMARTS) is 1. The van der Waals surface area contributed by atoms with Gasteiger partial charge in [0.15, 0.2) is 6.61 Å². The molecule has 1 N–H and O–H groups in total. The molecule has 0 unspecified atom stereocenters. The van der Waals surface area contributed by atoms with Gasteiger partial charge in [-0.2, -0.15) is 0 Å². The Balaban J connectivity index is 0.00000127. The predicted molar refractivity (Wildman–Crippen MR) is 136 cm³/mol. The van der Waals surface area contributed by atoms with E-state index in [9.17, 15) is 17.6 Å². The van der Waals surface area contributed by atoms with Crippen molar-refractivity contribution in [2.45, 2.75) is 19.8 Å². The number of oxime groups is 1. The van der Waals surface area contributed by atoms with Crippen molar-refractivity contribution < 1.29 is 32.3 Å². The van der Waals surface area contributed by atoms with Crippen LogP contribution in [0.5, 0.6) is 0 Å². The van der Waals surface area contributed by atoms with E-state index >= 15 is 0 Å². The van der Waals surface area contributed by atoms with Crippen LogP contribution in [-0.2, 0) is 9.63 Å². The van der Waals surface area contributed by atoms with Crippen LogP contribution in [0.25, 0.3) is 22.0 Å². The molecule has 13 heteroatoms. The first-order valence-electron chi connectivity index (χ1n) is 11.4. The van der Waals surface area contributed by atoms with Crippen LogP contribution < -0.4 is 4.90 Å². The highest BCUT2D eigenvalue weighted by molar-refractivity contribution is 5.99. The number of fused-ring (bicyclic) bond motifs is 1. The van der Waals surface area contributed by atoms with E-state index in [1.54, 1.807) is 24.0 Å². The summed E-state index contributed by atoms with van der Waals surface area (Å²) in [6.45, 7) is 6.51. The van der Waals surface area contributed by atoms with Crippen LogP contribution in [0.3, 0.4) is 0 Å². The number of nitrogens with zero attached hydrogens (tertiary/aromatic N) is 6. The summed E-state index contributed by atoms with van der Waals surface area (Å²) in [5, 5.41) is 11.1. The van der Waals surface area contributed by atoms with Crippen LogP contribution >= 0.6 is 0 Å². The van der Waals surface area contributed by atoms with Gasteiger partial charge < -0.3 is 19.7 Å². The second kappa shape index (κ2) is 12.3. The third-order valence-electron chi connectivity index (χ3n) is 5.63. The molecule has 0 bridgehead atoms. The fourth-order valence-electron chi connectivity index (χ4n) is 3.86. The molecule has 3 aromatic rings. The van der Waals surface area contributed by atoms with Gasteiger partial charge in [-0.3, -0.25) is 4.79 Å². The first-order valence-corrected chi connectivity index (χ1v) is 11.4. The summed E-state index contributed by atoms with van der Waals surface area (Å²) < 4.78 is 54.8. The predicted octanol–water partition coefficient (Wildman–Crippen LogP) is 4.35. The van der Waals surface area contributed by atoms with Gasteiger partial charge >= 0.3 is 0 Å². The molecule has 2 aromatic carbocycles. The van der Waals surface area contributed by atoms with E-state index < -0.39 is 18.3 Å². The van der Waals surface area contributed by atoms with Crippen molar-refractivity contribution in [1.82, 2.24) is 14.9 Å². The third-order valence-corrected chi connectivity index (χ3v) is 5.63. The highest BCUT2D eigenvalue weighted by atomic mass is 19.3. The number of piperazine rings is 1. The number of aromatic nitrogens is 2. The minimum atomic E-state index is -3.01. The Morgan fingerprint density at radius 3 is 2.47 bits per heavy atom. The highest BCUT2D eigenvalue weighted by Gasteiger charge is 2.25. The van der Waals surface area contributed by atoms with Crippen LogP contribution in [0.1, 0.15) is 12.5 Å². The van der Waals surface area contributed by atoms with Crippen molar-refractivity contribution >= 4 is 35.9 Å². The number of hydrogen-bond donors (Lipinski definition) is 1. The Hall–Kier alpha value is -4.29. The molecule has 0 atom stereocenters. The quantitative estimate of drug-likeness (QED) is 0.171. The first-order chi connectivity index (χ1) is 18.1. The lowest BCUT2D eigenvalue weighted by Gasteiger charge is -2.35. The lowest BCUT2D eigenvalue weighted by molar-refractivity contribution is -0.122. The number of anilines is 1. The Morgan fingerprint density at radius 1 is 1.18 bits per heavy atom. The largest absolute Gasteiger partial charge is 0.483 e. The van der Waals surface area contributed by atoms with Gasteiger partial charge in [0.2, 0.25) is 0 Å². The second-order valence-corrected chi connectivity index (χ2v) is 8.48. The maximum atomic E-state index is 14.6. The van der Waals surface area contributed by atoms with Gasteiger partial charge in [0.05, 0.1) is 5.52 Å². The summed E-state index contributed by atoms with van der Waals surface area (Å²) in [4.78, 5) is 29.3. The average Bonchev–Trinajstić information content (AvgIpc) is 2.87. The number of guanidine groups is 1. The van der Waals surface area contributed by atoms with Crippen molar-refractivity contribution in [2.24, 2.45) is 10.1 Å². The fraction of sp³-hybridized carbons (Fsp3) is 0.320. The van der Waals surface area contributed by atoms with Gasteiger partial charge in [0.1, 0.15) is 23.8 Å². The summed E-state index contributed by atoms with van der Waals surface area (Å²) in [5.41, 5.74) is 1.98. The third kappa shape index (κ3) is 6.93. The van der Waals surface area contributed by atoms with Crippen molar-refractivity contribution in [3.63, 3.8) is 0 Å². The number of alkyl halides is 2. The number of carbonyl (C=O) groups is 1. The topological polar surface area (TPSA) is 104 Å². The lowest BCUT2D eigenvalue weighted by atomic mass is 10.0. The van der Waals surface area contributed by atoms with Crippen molar-refractivity contribution in [3.8, 4) is 11.1 Å². The molecule has 1 aliphatic rings. The first kappa shape index (κ1) is 28.3. The SMILES string of the molecule is C=N/C(=N\OCC(C)(F)F)N1CCN(c2ncnc3c(-c4ccc(C)c(F)c4)cc(F)cc23)CC1.O=CO. The summed E-state index contributed by atoms with van der Waals surface area (Å²) in [7, 11) is 0. The van der Waals surface area contributed by atoms with Gasteiger partial charge in [-0.15, -0.1) is 0 Å². The van der Waals surface area contributed by atoms with Gasteiger partial charge in [0, 0.05) is 44.1 Å². The Bertz CT molecular complexity index is 1320. The van der Waals surface area contributed by atoms with Crippen molar-refractivity contribution in [3.05, 3.63) is 53.9 Å². The molecule has 1 fully saturated rings. The number of aliphatic imine (C=N–C) groups is 1. The number of halogens is 4. The number of aryl methyl sites for hydroxylation is 1. The maximum Gasteiger partial charge on any atom is 0.290 e. The van der Waals surface area contributed by atoms with Crippen LogP contribution in [0.2, 0.25) is 0 Å². The van der Waals surface area contributed by atoms with Gasteiger partial charge in [0.25, 0.3) is 18.4 Å². The molecule has 1 aliphatic heterocycles. The molecule has 2 heterocycles. The zero-order valence-electron chi connectivity index (χ0n) is 20.7. The second-order valence-electron chi connectivity index (χ2n) is 8.48. The fourth-order valence-corrected chi connectivity index (χ4v) is 3.86. The Morgan fingerprint density at radius 2 is 1.87 bits per heavy atom. The normalized spacial score (nSPS) is 14.1. The molecular weight excluding hydrogens is 508 g/mol. The molecule has 38 heavy (non-hydrogen) atoms. The van der Waals surface area contributed by atoms with E-state index in [0.29, 0.717) is 59.6 Å². The van der Waals surface area contributed by atoms with Crippen molar-refractivity contribution in [2.75, 3.05) is 37.7 Å². The summed E-state index contributed by atoms with van der Waals surface area (Å²) in [6, 6.07) is 7.43. The van der Waals surface area contributed by atoms with Gasteiger partial charge in [-0.1, -0.05) is 12.1 Å². The molecule has 0 spiro atoms. The van der Waals surface area contributed by atoms with E-state index in [4.69, 9.17) is 14.7 Å². The Labute approximate surface area is 216 Å². The zero-order chi connectivity index (χ0) is 27.9. The van der Waals surface area contributed by atoms with Crippen LogP contribution in [-0.4, -0.2) is 77.8 Å². The van der Waals surface area contributed by atoms with E-state index in [1.165, 1.54) is 24.5 Å². The van der Waals surface area contributed by atoms with Gasteiger partial charge in [-0.05, 0) is 48.1 Å². The summed E-state index contributed by atoms with van der Waals surface area (Å²) in [5.74, 6) is -3.24.